The Kier molecular flexibility index (Phi) is 5.37. The molecule has 7 heteroatoms. The first-order valence-electron chi connectivity index (χ1n) is 10.2. The second-order valence-corrected chi connectivity index (χ2v) is 9.70. The van der Waals surface area contributed by atoms with Gasteiger partial charge in [-0.1, -0.05) is 60.1 Å². The van der Waals surface area contributed by atoms with Gasteiger partial charge >= 0.3 is 0 Å². The van der Waals surface area contributed by atoms with Crippen LogP contribution in [0.15, 0.2) is 89.8 Å². The van der Waals surface area contributed by atoms with Gasteiger partial charge in [0.15, 0.2) is 0 Å². The van der Waals surface area contributed by atoms with Gasteiger partial charge in [0.2, 0.25) is 10.0 Å². The molecule has 1 unspecified atom stereocenters. The quantitative estimate of drug-likeness (QED) is 0.402. The molecule has 4 aromatic rings. The van der Waals surface area contributed by atoms with Crippen LogP contribution in [-0.4, -0.2) is 15.5 Å². The molecule has 0 aromatic heterocycles. The molecule has 0 spiro atoms. The summed E-state index contributed by atoms with van der Waals surface area (Å²) in [7, 11) is -2.28. The third-order valence-corrected chi connectivity index (χ3v) is 6.92. The smallest absolute Gasteiger partial charge is 0.238 e. The summed E-state index contributed by atoms with van der Waals surface area (Å²) in [5, 5.41) is 6.09. The van der Waals surface area contributed by atoms with Crippen LogP contribution < -0.4 is 14.6 Å². The molecule has 0 bridgehead atoms. The highest BCUT2D eigenvalue weighted by atomic mass is 35.5. The number of rotatable bonds is 4. The van der Waals surface area contributed by atoms with E-state index < -0.39 is 16.1 Å². The lowest BCUT2D eigenvalue weighted by molar-refractivity contribution is 0.242. The molecular formula is C26H20ClNO4S. The van der Waals surface area contributed by atoms with Crippen LogP contribution in [0.25, 0.3) is 22.3 Å². The van der Waals surface area contributed by atoms with Crippen LogP contribution in [0.3, 0.4) is 0 Å². The number of halogens is 1. The molecule has 5 rings (SSSR count). The van der Waals surface area contributed by atoms with Crippen molar-refractivity contribution in [3.05, 3.63) is 101 Å². The Hall–Kier alpha value is -3.32. The summed E-state index contributed by atoms with van der Waals surface area (Å²) in [5.74, 6) is 1.39. The molecule has 0 saturated carbocycles. The predicted molar refractivity (Wildman–Crippen MR) is 129 cm³/mol. The van der Waals surface area contributed by atoms with Gasteiger partial charge in [-0.25, -0.2) is 13.6 Å². The second-order valence-electron chi connectivity index (χ2n) is 7.73. The molecule has 4 aromatic carbocycles. The number of sulfonamides is 1. The first-order chi connectivity index (χ1) is 15.9. The van der Waals surface area contributed by atoms with E-state index in [1.54, 1.807) is 25.3 Å². The van der Waals surface area contributed by atoms with Crippen molar-refractivity contribution in [1.29, 1.82) is 0 Å². The highest BCUT2D eigenvalue weighted by molar-refractivity contribution is 7.89. The maximum atomic E-state index is 12.2. The molecule has 0 saturated heterocycles. The van der Waals surface area contributed by atoms with Crippen molar-refractivity contribution >= 4 is 21.6 Å². The number of primary sulfonamides is 1. The number of hydrogen-bond donors (Lipinski definition) is 1. The number of hydrogen-bond acceptors (Lipinski definition) is 4. The Labute approximate surface area is 197 Å². The van der Waals surface area contributed by atoms with E-state index in [9.17, 15) is 8.42 Å². The monoisotopic (exact) mass is 477 g/mol. The molecule has 0 aliphatic carbocycles. The Morgan fingerprint density at radius 1 is 0.909 bits per heavy atom. The molecular weight excluding hydrogens is 458 g/mol. The highest BCUT2D eigenvalue weighted by Crippen LogP contribution is 2.50. The molecule has 5 nitrogen and oxygen atoms in total. The van der Waals surface area contributed by atoms with Crippen molar-refractivity contribution < 1.29 is 17.9 Å². The lowest BCUT2D eigenvalue weighted by Gasteiger charge is -2.30. The largest absolute Gasteiger partial charge is 0.496 e. The van der Waals surface area contributed by atoms with Gasteiger partial charge in [0.05, 0.1) is 17.6 Å². The van der Waals surface area contributed by atoms with Gasteiger partial charge < -0.3 is 9.47 Å². The van der Waals surface area contributed by atoms with Crippen LogP contribution in [-0.2, 0) is 10.0 Å². The zero-order valence-electron chi connectivity index (χ0n) is 17.7. The van der Waals surface area contributed by atoms with Crippen LogP contribution in [0.1, 0.15) is 17.2 Å². The first-order valence-corrected chi connectivity index (χ1v) is 12.1. The van der Waals surface area contributed by atoms with Crippen molar-refractivity contribution in [1.82, 2.24) is 0 Å². The summed E-state index contributed by atoms with van der Waals surface area (Å²) in [4.78, 5) is 0.0685. The highest BCUT2D eigenvalue weighted by Gasteiger charge is 2.30. The van der Waals surface area contributed by atoms with Gasteiger partial charge in [-0.05, 0) is 53.1 Å². The predicted octanol–water partition coefficient (Wildman–Crippen LogP) is 5.81. The molecule has 0 fully saturated rings. The SMILES string of the molecule is COc1cccc2c1-c1ccc(-c3ccccc3S(N)(=O)=O)cc1C(c1cccc(Cl)c1)O2. The maximum Gasteiger partial charge on any atom is 0.238 e. The van der Waals surface area contributed by atoms with Crippen LogP contribution in [0, 0.1) is 0 Å². The summed E-state index contributed by atoms with van der Waals surface area (Å²) in [6.45, 7) is 0. The van der Waals surface area contributed by atoms with E-state index >= 15 is 0 Å². The van der Waals surface area contributed by atoms with E-state index in [4.69, 9.17) is 26.2 Å². The van der Waals surface area contributed by atoms with Crippen molar-refractivity contribution in [2.45, 2.75) is 11.0 Å². The summed E-state index contributed by atoms with van der Waals surface area (Å²) >= 11 is 6.28. The standard InChI is InChI=1S/C26H20ClNO4S/c1-31-22-9-5-10-23-25(22)20-13-12-16(19-8-2-3-11-24(19)33(28,29)30)15-21(20)26(32-23)17-6-4-7-18(27)14-17/h2-15,26H,1H3,(H2,28,29,30). The minimum atomic E-state index is -3.90. The van der Waals surface area contributed by atoms with E-state index in [0.717, 1.165) is 22.3 Å². The Morgan fingerprint density at radius 2 is 1.70 bits per heavy atom. The van der Waals surface area contributed by atoms with Gasteiger partial charge in [0.25, 0.3) is 0 Å². The Bertz CT molecular complexity index is 1480. The number of methoxy groups -OCH3 is 1. The van der Waals surface area contributed by atoms with Crippen LogP contribution in [0.2, 0.25) is 5.02 Å². The average Bonchev–Trinajstić information content (AvgIpc) is 2.82. The fourth-order valence-corrected chi connectivity index (χ4v) is 5.24. The van der Waals surface area contributed by atoms with Crippen molar-refractivity contribution in [2.75, 3.05) is 7.11 Å². The Morgan fingerprint density at radius 3 is 2.45 bits per heavy atom. The molecule has 1 atom stereocenters. The van der Waals surface area contributed by atoms with Gasteiger partial charge in [0, 0.05) is 16.1 Å². The van der Waals surface area contributed by atoms with Crippen molar-refractivity contribution in [2.24, 2.45) is 5.14 Å². The van der Waals surface area contributed by atoms with E-state index in [2.05, 4.69) is 0 Å². The molecule has 1 aliphatic heterocycles. The fourth-order valence-electron chi connectivity index (χ4n) is 4.28. The minimum absolute atomic E-state index is 0.0685. The first kappa shape index (κ1) is 21.5. The van der Waals surface area contributed by atoms with E-state index in [0.29, 0.717) is 27.6 Å². The Balaban J connectivity index is 1.77. The molecule has 0 amide bonds. The van der Waals surface area contributed by atoms with E-state index in [1.807, 2.05) is 60.7 Å². The normalized spacial score (nSPS) is 14.7. The zero-order valence-corrected chi connectivity index (χ0v) is 19.2. The molecule has 1 aliphatic rings. The molecule has 2 N–H and O–H groups in total. The summed E-state index contributed by atoms with van der Waals surface area (Å²) in [6, 6.07) is 25.7. The molecule has 1 heterocycles. The minimum Gasteiger partial charge on any atom is -0.496 e. The molecule has 0 radical (unpaired) electrons. The summed E-state index contributed by atoms with van der Waals surface area (Å²) in [5.41, 5.74) is 4.78. The lowest BCUT2D eigenvalue weighted by Crippen LogP contribution is -2.16. The second kappa shape index (κ2) is 8.23. The zero-order chi connectivity index (χ0) is 23.2. The van der Waals surface area contributed by atoms with Gasteiger partial charge in [-0.3, -0.25) is 0 Å². The summed E-state index contributed by atoms with van der Waals surface area (Å²) in [6.07, 6.45) is -0.445. The third-order valence-electron chi connectivity index (χ3n) is 5.71. The van der Waals surface area contributed by atoms with Crippen molar-refractivity contribution in [3.8, 4) is 33.8 Å². The van der Waals surface area contributed by atoms with Crippen molar-refractivity contribution in [3.63, 3.8) is 0 Å². The van der Waals surface area contributed by atoms with Crippen LogP contribution >= 0.6 is 11.6 Å². The number of fused-ring (bicyclic) bond motifs is 3. The third kappa shape index (κ3) is 3.86. The summed E-state index contributed by atoms with van der Waals surface area (Å²) < 4.78 is 36.5. The van der Waals surface area contributed by atoms with Gasteiger partial charge in [-0.2, -0.15) is 0 Å². The van der Waals surface area contributed by atoms with Gasteiger partial charge in [-0.15, -0.1) is 0 Å². The fraction of sp³-hybridized carbons (Fsp3) is 0.0769. The molecule has 33 heavy (non-hydrogen) atoms. The van der Waals surface area contributed by atoms with E-state index in [1.165, 1.54) is 6.07 Å². The lowest BCUT2D eigenvalue weighted by atomic mass is 9.87. The number of ether oxygens (including phenoxy) is 2. The number of nitrogens with two attached hydrogens (primary N) is 1. The topological polar surface area (TPSA) is 78.6 Å². The molecule has 166 valence electrons. The average molecular weight is 478 g/mol. The van der Waals surface area contributed by atoms with Crippen LogP contribution in [0.4, 0.5) is 0 Å². The van der Waals surface area contributed by atoms with Gasteiger partial charge in [0.1, 0.15) is 17.6 Å². The van der Waals surface area contributed by atoms with Crippen LogP contribution in [0.5, 0.6) is 11.5 Å². The maximum absolute atomic E-state index is 12.2. The number of benzene rings is 4. The van der Waals surface area contributed by atoms with E-state index in [-0.39, 0.29) is 4.90 Å².